The summed E-state index contributed by atoms with van der Waals surface area (Å²) in [5, 5.41) is 0. The number of hydrogen-bond acceptors (Lipinski definition) is 2. The van der Waals surface area contributed by atoms with Gasteiger partial charge in [0.2, 0.25) is 0 Å². The Balaban J connectivity index is 4.13. The second-order valence-electron chi connectivity index (χ2n) is 2.01. The van der Waals surface area contributed by atoms with Crippen molar-refractivity contribution < 1.29 is 4.57 Å². The van der Waals surface area contributed by atoms with Gasteiger partial charge in [0, 0.05) is 13.1 Å². The fourth-order valence-corrected chi connectivity index (χ4v) is 5.62. The van der Waals surface area contributed by atoms with E-state index in [1.807, 2.05) is 25.4 Å². The van der Waals surface area contributed by atoms with Gasteiger partial charge >= 0.3 is 0 Å². The van der Waals surface area contributed by atoms with Crippen LogP contribution < -0.4 is 0 Å². The second-order valence-corrected chi connectivity index (χ2v) is 8.55. The molecule has 68 valence electrons. The van der Waals surface area contributed by atoms with Crippen LogP contribution in [0.3, 0.4) is 0 Å². The molecule has 0 spiro atoms. The largest absolute Gasteiger partial charge is 0.289 e. The molecule has 0 aliphatic heterocycles. The maximum atomic E-state index is 11.6. The van der Waals surface area contributed by atoms with Crippen molar-refractivity contribution in [1.29, 1.82) is 0 Å². The molecule has 0 bridgehead atoms. The minimum absolute atomic E-state index is 0.754. The Morgan fingerprint density at radius 1 is 1.36 bits per heavy atom. The number of hydrogen-bond donors (Lipinski definition) is 0. The highest BCUT2D eigenvalue weighted by atomic mass is 35.7. The van der Waals surface area contributed by atoms with Gasteiger partial charge < -0.3 is 0 Å². The molecular formula is C6H15ClNOPS. The molecule has 0 aliphatic rings. The number of nitrogens with zero attached hydrogens (tertiary/aromatic N) is 1. The van der Waals surface area contributed by atoms with Crippen molar-refractivity contribution >= 4 is 28.5 Å². The molecule has 1 atom stereocenters. The van der Waals surface area contributed by atoms with Crippen molar-refractivity contribution in [1.82, 2.24) is 4.67 Å². The third-order valence-corrected chi connectivity index (χ3v) is 7.12. The first kappa shape index (κ1) is 11.8. The third-order valence-electron chi connectivity index (χ3n) is 1.36. The SMILES string of the molecule is CCSP(=O)(Cl)N(CC)CC. The van der Waals surface area contributed by atoms with E-state index in [4.69, 9.17) is 11.2 Å². The van der Waals surface area contributed by atoms with Crippen molar-refractivity contribution in [3.63, 3.8) is 0 Å². The normalized spacial score (nSPS) is 16.8. The number of rotatable bonds is 5. The van der Waals surface area contributed by atoms with Gasteiger partial charge in [-0.3, -0.25) is 4.57 Å². The minimum atomic E-state index is -2.58. The average molecular weight is 216 g/mol. The summed E-state index contributed by atoms with van der Waals surface area (Å²) < 4.78 is 13.4. The molecule has 2 nitrogen and oxygen atoms in total. The lowest BCUT2D eigenvalue weighted by Crippen LogP contribution is -2.15. The molecule has 0 aromatic carbocycles. The minimum Gasteiger partial charge on any atom is -0.277 e. The van der Waals surface area contributed by atoms with Crippen LogP contribution in [-0.4, -0.2) is 23.5 Å². The zero-order chi connectivity index (χ0) is 8.91. The van der Waals surface area contributed by atoms with E-state index in [-0.39, 0.29) is 0 Å². The fourth-order valence-electron chi connectivity index (χ4n) is 0.802. The molecule has 0 amide bonds. The fraction of sp³-hybridized carbons (Fsp3) is 1.00. The summed E-state index contributed by atoms with van der Waals surface area (Å²) in [4.78, 5) is 0. The monoisotopic (exact) mass is 215 g/mol. The number of halogens is 1. The Kier molecular flexibility index (Phi) is 5.88. The first-order valence-corrected chi connectivity index (χ1v) is 7.93. The molecule has 1 unspecified atom stereocenters. The summed E-state index contributed by atoms with van der Waals surface area (Å²) in [5.41, 5.74) is 0. The van der Waals surface area contributed by atoms with Gasteiger partial charge in [-0.15, -0.1) is 0 Å². The second kappa shape index (κ2) is 5.47. The van der Waals surface area contributed by atoms with E-state index in [9.17, 15) is 4.57 Å². The summed E-state index contributed by atoms with van der Waals surface area (Å²) >= 11 is 7.18. The van der Waals surface area contributed by atoms with Gasteiger partial charge in [0.15, 0.2) is 0 Å². The highest BCUT2D eigenvalue weighted by Crippen LogP contribution is 2.65. The van der Waals surface area contributed by atoms with Gasteiger partial charge in [-0.2, -0.15) is 0 Å². The van der Waals surface area contributed by atoms with E-state index in [0.717, 1.165) is 18.8 Å². The molecule has 11 heavy (non-hydrogen) atoms. The molecule has 0 heterocycles. The highest BCUT2D eigenvalue weighted by Gasteiger charge is 2.24. The topological polar surface area (TPSA) is 20.3 Å². The van der Waals surface area contributed by atoms with Crippen molar-refractivity contribution in [2.45, 2.75) is 20.8 Å². The predicted octanol–water partition coefficient (Wildman–Crippen LogP) is 3.43. The zero-order valence-electron chi connectivity index (χ0n) is 7.21. The molecule has 5 heteroatoms. The molecule has 0 fully saturated rings. The molecule has 0 aliphatic carbocycles. The summed E-state index contributed by atoms with van der Waals surface area (Å²) in [6.07, 6.45) is 0. The van der Waals surface area contributed by atoms with Crippen LogP contribution in [0.5, 0.6) is 0 Å². The first-order valence-electron chi connectivity index (χ1n) is 3.78. The molecule has 0 aromatic rings. The Hall–Kier alpha value is 0.830. The van der Waals surface area contributed by atoms with E-state index in [2.05, 4.69) is 0 Å². The molecule has 0 saturated carbocycles. The Bertz CT molecular complexity index is 152. The highest BCUT2D eigenvalue weighted by molar-refractivity contribution is 8.64. The smallest absolute Gasteiger partial charge is 0.277 e. The molecule has 0 N–H and O–H groups in total. The Labute approximate surface area is 77.6 Å². The molecule has 0 rings (SSSR count). The van der Waals surface area contributed by atoms with Crippen LogP contribution in [0.4, 0.5) is 0 Å². The van der Waals surface area contributed by atoms with E-state index >= 15 is 0 Å². The van der Waals surface area contributed by atoms with Gasteiger partial charge in [0.1, 0.15) is 0 Å². The van der Waals surface area contributed by atoms with Crippen LogP contribution in [-0.2, 0) is 4.57 Å². The summed E-state index contributed by atoms with van der Waals surface area (Å²) in [6, 6.07) is 0. The van der Waals surface area contributed by atoms with Crippen LogP contribution in [0, 0.1) is 0 Å². The van der Waals surface area contributed by atoms with Crippen molar-refractivity contribution in [2.75, 3.05) is 18.8 Å². The lowest BCUT2D eigenvalue weighted by molar-refractivity contribution is 0.467. The van der Waals surface area contributed by atoms with E-state index in [0.29, 0.717) is 0 Å². The van der Waals surface area contributed by atoms with Crippen LogP contribution in [0.25, 0.3) is 0 Å². The maximum absolute atomic E-state index is 11.6. The standard InChI is InChI=1S/C6H15ClNOPS/c1-4-8(5-2)10(7,9)11-6-3/h4-6H2,1-3H3. The van der Waals surface area contributed by atoms with Gasteiger partial charge in [-0.25, -0.2) is 4.67 Å². The van der Waals surface area contributed by atoms with Crippen molar-refractivity contribution in [3.05, 3.63) is 0 Å². The predicted molar refractivity (Wildman–Crippen MR) is 54.5 cm³/mol. The van der Waals surface area contributed by atoms with Crippen LogP contribution in [0.1, 0.15) is 20.8 Å². The lowest BCUT2D eigenvalue weighted by atomic mass is 10.7. The summed E-state index contributed by atoms with van der Waals surface area (Å²) in [7, 11) is 0. The summed E-state index contributed by atoms with van der Waals surface area (Å²) in [5.74, 6) is -1.78. The van der Waals surface area contributed by atoms with Crippen LogP contribution >= 0.6 is 28.5 Å². The van der Waals surface area contributed by atoms with Crippen LogP contribution in [0.2, 0.25) is 0 Å². The lowest BCUT2D eigenvalue weighted by Gasteiger charge is -2.22. The first-order chi connectivity index (χ1) is 5.08. The molecule has 0 saturated heterocycles. The third kappa shape index (κ3) is 3.84. The van der Waals surface area contributed by atoms with Gasteiger partial charge in [-0.1, -0.05) is 32.2 Å². The zero-order valence-corrected chi connectivity index (χ0v) is 9.68. The van der Waals surface area contributed by atoms with Crippen molar-refractivity contribution in [2.24, 2.45) is 0 Å². The molecular weight excluding hydrogens is 201 g/mol. The van der Waals surface area contributed by atoms with Crippen LogP contribution in [0.15, 0.2) is 0 Å². The van der Waals surface area contributed by atoms with E-state index < -0.39 is 5.85 Å². The summed E-state index contributed by atoms with van der Waals surface area (Å²) in [6.45, 7) is 7.40. The van der Waals surface area contributed by atoms with Crippen molar-refractivity contribution in [3.8, 4) is 0 Å². The maximum Gasteiger partial charge on any atom is 0.289 e. The Morgan fingerprint density at radius 2 is 1.82 bits per heavy atom. The van der Waals surface area contributed by atoms with Gasteiger partial charge in [-0.05, 0) is 17.0 Å². The quantitative estimate of drug-likeness (QED) is 0.656. The average Bonchev–Trinajstić information content (AvgIpc) is 1.89. The molecule has 0 aromatic heterocycles. The van der Waals surface area contributed by atoms with Gasteiger partial charge in [0.25, 0.3) is 5.85 Å². The Morgan fingerprint density at radius 3 is 2.09 bits per heavy atom. The van der Waals surface area contributed by atoms with E-state index in [1.165, 1.54) is 11.4 Å². The van der Waals surface area contributed by atoms with E-state index in [1.54, 1.807) is 0 Å². The molecule has 0 radical (unpaired) electrons. The van der Waals surface area contributed by atoms with Gasteiger partial charge in [0.05, 0.1) is 0 Å².